The van der Waals surface area contributed by atoms with Crippen LogP contribution in [0.15, 0.2) is 90.4 Å². The minimum absolute atomic E-state index is 0.00888. The Morgan fingerprint density at radius 1 is 1.00 bits per heavy atom. The molecule has 3 aliphatic rings. The summed E-state index contributed by atoms with van der Waals surface area (Å²) in [7, 11) is 0. The number of β-amino-alcohol motifs (C(OH)–C–C–N with tert-alkyl or cyclic N) is 1. The number of aryl methyl sites for hydroxylation is 2. The van der Waals surface area contributed by atoms with Crippen LogP contribution in [-0.2, 0) is 33.5 Å². The lowest BCUT2D eigenvalue weighted by Gasteiger charge is -2.35. The number of ether oxygens (including phenoxy) is 2. The number of aliphatic hydroxyl groups is 1. The van der Waals surface area contributed by atoms with Crippen molar-refractivity contribution in [2.75, 3.05) is 29.6 Å². The molecule has 18 heteroatoms. The largest absolute Gasteiger partial charge is 0.490 e. The molecule has 3 amide bonds. The van der Waals surface area contributed by atoms with Crippen molar-refractivity contribution in [2.24, 2.45) is 5.92 Å². The van der Waals surface area contributed by atoms with E-state index in [1.165, 1.54) is 22.3 Å². The van der Waals surface area contributed by atoms with E-state index in [0.29, 0.717) is 22.7 Å². The maximum atomic E-state index is 14.3. The lowest BCUT2D eigenvalue weighted by atomic mass is 9.97. The summed E-state index contributed by atoms with van der Waals surface area (Å²) in [6.07, 6.45) is -5.27. The fourth-order valence-corrected chi connectivity index (χ4v) is 10.6. The molecule has 0 saturated carbocycles. The van der Waals surface area contributed by atoms with Crippen LogP contribution in [0.25, 0.3) is 15.3 Å². The van der Waals surface area contributed by atoms with Crippen molar-refractivity contribution < 1.29 is 46.9 Å². The SMILES string of the molecule is [C-]#[N+]c1ccc(N2C(=O)C(C)(C)N(c3ccc(OCCOc4cc(-c5scnc5C)ccc4CCC(=O)[C@@H]4C[C@@H](O)CN4C(=O)[C@H](C(C)C)N4Cc5ccccc5C4=O)cc3)C2=S)cc1C(F)(F)F. The van der Waals surface area contributed by atoms with Crippen LogP contribution in [0.2, 0.25) is 0 Å². The van der Waals surface area contributed by atoms with Gasteiger partial charge < -0.3 is 29.3 Å². The van der Waals surface area contributed by atoms with Gasteiger partial charge in [-0.15, -0.1) is 11.3 Å². The maximum Gasteiger partial charge on any atom is 0.407 e. The number of nitrogens with zero attached hydrogens (tertiary/aromatic N) is 6. The van der Waals surface area contributed by atoms with Crippen LogP contribution in [0.5, 0.6) is 11.5 Å². The van der Waals surface area contributed by atoms with Crippen molar-refractivity contribution >= 4 is 69.2 Å². The number of alkyl halides is 3. The minimum atomic E-state index is -4.82. The van der Waals surface area contributed by atoms with E-state index in [-0.39, 0.29) is 79.9 Å². The van der Waals surface area contributed by atoms with E-state index in [0.717, 1.165) is 44.3 Å². The van der Waals surface area contributed by atoms with Gasteiger partial charge >= 0.3 is 6.18 Å². The first-order chi connectivity index (χ1) is 32.8. The maximum absolute atomic E-state index is 14.3. The lowest BCUT2D eigenvalue weighted by molar-refractivity contribution is -0.142. The summed E-state index contributed by atoms with van der Waals surface area (Å²) in [6, 6.07) is 21.1. The molecule has 3 aliphatic heterocycles. The van der Waals surface area contributed by atoms with Crippen LogP contribution in [-0.4, -0.2) is 92.0 Å². The molecule has 0 aliphatic carbocycles. The first kappa shape index (κ1) is 48.8. The molecule has 0 spiro atoms. The monoisotopic (exact) mass is 978 g/mol. The van der Waals surface area contributed by atoms with Crippen molar-refractivity contribution in [3.8, 4) is 21.9 Å². The van der Waals surface area contributed by atoms with E-state index in [4.69, 9.17) is 28.3 Å². The van der Waals surface area contributed by atoms with Crippen LogP contribution in [0.1, 0.15) is 73.3 Å². The number of aliphatic hydroxyl groups excluding tert-OH is 1. The Morgan fingerprint density at radius 2 is 1.71 bits per heavy atom. The third-order valence-electron chi connectivity index (χ3n) is 12.8. The number of fused-ring (bicyclic) bond motifs is 1. The molecule has 358 valence electrons. The summed E-state index contributed by atoms with van der Waals surface area (Å²) < 4.78 is 53.9. The van der Waals surface area contributed by atoms with E-state index < -0.39 is 47.1 Å². The molecule has 2 saturated heterocycles. The number of aromatic nitrogens is 1. The number of hydrogen-bond acceptors (Lipinski definition) is 10. The second-order valence-corrected chi connectivity index (χ2v) is 19.3. The van der Waals surface area contributed by atoms with E-state index >= 15 is 0 Å². The van der Waals surface area contributed by atoms with E-state index in [9.17, 15) is 37.5 Å². The number of ketones is 1. The Balaban J connectivity index is 0.927. The number of anilines is 2. The quantitative estimate of drug-likeness (QED) is 0.0615. The molecule has 3 atom stereocenters. The zero-order chi connectivity index (χ0) is 49.5. The van der Waals surface area contributed by atoms with Gasteiger partial charge in [-0.3, -0.25) is 24.1 Å². The summed E-state index contributed by atoms with van der Waals surface area (Å²) in [5.74, 6) is -0.594. The Morgan fingerprint density at radius 3 is 2.38 bits per heavy atom. The van der Waals surface area contributed by atoms with E-state index in [2.05, 4.69) is 9.83 Å². The molecule has 4 heterocycles. The summed E-state index contributed by atoms with van der Waals surface area (Å²) in [5, 5.41) is 10.8. The Labute approximate surface area is 406 Å². The number of likely N-dealkylation sites (tertiary alicyclic amines) is 1. The van der Waals surface area contributed by atoms with Gasteiger partial charge in [-0.05, 0) is 111 Å². The Kier molecular flexibility index (Phi) is 13.7. The number of hydrogen-bond donors (Lipinski definition) is 1. The zero-order valence-electron chi connectivity index (χ0n) is 38.4. The molecule has 0 bridgehead atoms. The highest BCUT2D eigenvalue weighted by Crippen LogP contribution is 2.42. The number of thiazole rings is 1. The van der Waals surface area contributed by atoms with E-state index in [1.54, 1.807) is 65.6 Å². The van der Waals surface area contributed by atoms with Crippen LogP contribution >= 0.6 is 23.6 Å². The smallest absolute Gasteiger partial charge is 0.407 e. The minimum Gasteiger partial charge on any atom is -0.490 e. The average Bonchev–Trinajstić information content (AvgIpc) is 4.06. The summed E-state index contributed by atoms with van der Waals surface area (Å²) >= 11 is 7.17. The van der Waals surface area contributed by atoms with Crippen LogP contribution in [0.3, 0.4) is 0 Å². The highest BCUT2D eigenvalue weighted by molar-refractivity contribution is 7.81. The van der Waals surface area contributed by atoms with Crippen molar-refractivity contribution in [3.05, 3.63) is 130 Å². The van der Waals surface area contributed by atoms with Gasteiger partial charge in [0.15, 0.2) is 16.6 Å². The fraction of sp³-hybridized carbons (Fsp3) is 0.353. The van der Waals surface area contributed by atoms with Gasteiger partial charge in [-0.2, -0.15) is 13.2 Å². The molecule has 0 radical (unpaired) electrons. The van der Waals surface area contributed by atoms with Crippen LogP contribution in [0.4, 0.5) is 30.2 Å². The predicted octanol–water partition coefficient (Wildman–Crippen LogP) is 9.21. The number of halogens is 3. The fourth-order valence-electron chi connectivity index (χ4n) is 9.30. The molecule has 69 heavy (non-hydrogen) atoms. The Bertz CT molecular complexity index is 2880. The standard InChI is InChI=1S/C51H49F3N6O7S2/c1-29(2)44(58-26-33-9-7-8-10-38(33)46(58)63)47(64)57-27-36(61)25-41(57)42(62)20-13-31-11-12-32(45-30(3)56-28-69-45)23-43(31)67-22-21-66-37-17-14-34(15-18-37)60-49(68)59(48(65)50(60,4)5)35-16-19-40(55-6)39(24-35)51(52,53)54/h7-12,14-19,23-24,28-29,36,41,44,61H,13,20-22,25-27H2,1-5H3/t36-,41+,44+/m1/s1. The normalized spacial score (nSPS) is 18.2. The highest BCUT2D eigenvalue weighted by atomic mass is 32.1. The number of thiocarbonyl (C=S) groups is 1. The molecule has 0 unspecified atom stereocenters. The van der Waals surface area contributed by atoms with E-state index in [1.807, 2.05) is 51.1 Å². The molecule has 2 fully saturated rings. The van der Waals surface area contributed by atoms with Gasteiger partial charge in [-0.1, -0.05) is 50.2 Å². The second-order valence-electron chi connectivity index (χ2n) is 18.1. The average molecular weight is 979 g/mol. The van der Waals surface area contributed by atoms with Crippen molar-refractivity contribution in [1.29, 1.82) is 0 Å². The number of Topliss-reactive ketones (excluding diaryl/α,β-unsaturated/α-hetero) is 1. The van der Waals surface area contributed by atoms with Gasteiger partial charge in [0.25, 0.3) is 11.8 Å². The lowest BCUT2D eigenvalue weighted by Crippen LogP contribution is -2.54. The van der Waals surface area contributed by atoms with Gasteiger partial charge in [0.1, 0.15) is 36.3 Å². The number of amides is 3. The van der Waals surface area contributed by atoms with Crippen molar-refractivity contribution in [3.63, 3.8) is 0 Å². The summed E-state index contributed by atoms with van der Waals surface area (Å²) in [5.41, 5.74) is 3.02. The van der Waals surface area contributed by atoms with Gasteiger partial charge in [-0.25, -0.2) is 9.83 Å². The summed E-state index contributed by atoms with van der Waals surface area (Å²) in [4.78, 5) is 69.5. The summed E-state index contributed by atoms with van der Waals surface area (Å²) in [6.45, 7) is 16.6. The number of carbonyl (C=O) groups is 4. The third kappa shape index (κ3) is 9.55. The molecule has 1 N–H and O–H groups in total. The van der Waals surface area contributed by atoms with Gasteiger partial charge in [0.2, 0.25) is 5.91 Å². The third-order valence-corrected chi connectivity index (χ3v) is 14.1. The van der Waals surface area contributed by atoms with Crippen molar-refractivity contribution in [1.82, 2.24) is 14.8 Å². The molecular weight excluding hydrogens is 930 g/mol. The van der Waals surface area contributed by atoms with Crippen LogP contribution in [0, 0.1) is 19.4 Å². The first-order valence-electron chi connectivity index (χ1n) is 22.4. The first-order valence-corrected chi connectivity index (χ1v) is 23.7. The highest BCUT2D eigenvalue weighted by Gasteiger charge is 2.51. The molecule has 13 nitrogen and oxygen atoms in total. The topological polar surface area (TPSA) is 137 Å². The molecular formula is C51H49F3N6O7S2. The Hall–Kier alpha value is -6.68. The number of rotatable bonds is 15. The molecule has 5 aromatic rings. The number of carbonyl (C=O) groups excluding carboxylic acids is 4. The van der Waals surface area contributed by atoms with Crippen LogP contribution < -0.4 is 19.3 Å². The second kappa shape index (κ2) is 19.4. The van der Waals surface area contributed by atoms with Gasteiger partial charge in [0.05, 0.1) is 40.4 Å². The van der Waals surface area contributed by atoms with Gasteiger partial charge in [0, 0.05) is 42.9 Å². The molecule has 4 aromatic carbocycles. The van der Waals surface area contributed by atoms with Crippen molar-refractivity contribution in [2.45, 2.75) is 90.3 Å². The predicted molar refractivity (Wildman–Crippen MR) is 258 cm³/mol. The molecule has 1 aromatic heterocycles. The molecule has 8 rings (SSSR count). The zero-order valence-corrected chi connectivity index (χ0v) is 40.1. The number of benzene rings is 4.